The van der Waals surface area contributed by atoms with Crippen LogP contribution in [0.3, 0.4) is 0 Å². The van der Waals surface area contributed by atoms with Crippen molar-refractivity contribution in [2.45, 2.75) is 32.0 Å². The van der Waals surface area contributed by atoms with Gasteiger partial charge in [-0.05, 0) is 11.0 Å². The molecule has 1 saturated heterocycles. The van der Waals surface area contributed by atoms with E-state index in [1.165, 1.54) is 39.8 Å². The predicted molar refractivity (Wildman–Crippen MR) is 131 cm³/mol. The van der Waals surface area contributed by atoms with Gasteiger partial charge in [-0.2, -0.15) is 0 Å². The van der Waals surface area contributed by atoms with Crippen molar-refractivity contribution in [3.63, 3.8) is 0 Å². The van der Waals surface area contributed by atoms with E-state index in [9.17, 15) is 14.4 Å². The monoisotopic (exact) mass is 563 g/mol. The lowest BCUT2D eigenvalue weighted by Gasteiger charge is -2.51. The minimum absolute atomic E-state index is 0.151. The molecule has 174 valence electrons. The Bertz CT molecular complexity index is 1060. The average Bonchev–Trinajstić information content (AvgIpc) is 3.29. The molecule has 0 spiro atoms. The molecule has 33 heavy (non-hydrogen) atoms. The summed E-state index contributed by atoms with van der Waals surface area (Å²) in [7, 11) is 0. The zero-order valence-electron chi connectivity index (χ0n) is 16.7. The fourth-order valence-corrected chi connectivity index (χ4v) is 6.55. The molecule has 0 radical (unpaired) electrons. The highest BCUT2D eigenvalue weighted by Crippen LogP contribution is 2.45. The van der Waals surface area contributed by atoms with Crippen molar-refractivity contribution in [2.75, 3.05) is 6.61 Å². The Kier molecular flexibility index (Phi) is 7.82. The number of hydrogen-bond acceptors (Lipinski definition) is 8. The second kappa shape index (κ2) is 10.5. The van der Waals surface area contributed by atoms with Crippen LogP contribution in [0.5, 0.6) is 0 Å². The molecule has 4 rings (SSSR count). The van der Waals surface area contributed by atoms with Crippen LogP contribution in [0.25, 0.3) is 0 Å². The van der Waals surface area contributed by atoms with Gasteiger partial charge in [-0.15, -0.1) is 23.1 Å². The fourth-order valence-electron chi connectivity index (χ4n) is 3.28. The summed E-state index contributed by atoms with van der Waals surface area (Å²) >= 11 is 21.2. The first kappa shape index (κ1) is 24.7. The Hall–Kier alpha value is -1.43. The number of thiazole rings is 1. The molecule has 13 heteroatoms. The number of fused-ring (bicyclic) bond motifs is 1. The highest BCUT2D eigenvalue weighted by molar-refractivity contribution is 8.07. The highest BCUT2D eigenvalue weighted by Gasteiger charge is 2.56. The van der Waals surface area contributed by atoms with Crippen molar-refractivity contribution in [3.8, 4) is 0 Å². The predicted octanol–water partition coefficient (Wildman–Crippen LogP) is 4.00. The quantitative estimate of drug-likeness (QED) is 0.309. The molecule has 2 aliphatic rings. The number of hydrogen-bond donors (Lipinski definition) is 1. The number of β-lactam (4-membered cyclic amide) rings is 1. The largest absolute Gasteiger partial charge is 0.459 e. The molecular formula is C20H16Cl3N3O4S3. The maximum absolute atomic E-state index is 13.0. The van der Waals surface area contributed by atoms with Crippen molar-refractivity contribution in [3.05, 3.63) is 57.8 Å². The number of aromatic nitrogens is 1. The summed E-state index contributed by atoms with van der Waals surface area (Å²) in [5.41, 5.74) is 0.838. The number of ether oxygens (including phenoxy) is 1. The van der Waals surface area contributed by atoms with Crippen LogP contribution in [0.1, 0.15) is 5.56 Å². The molecule has 3 heterocycles. The summed E-state index contributed by atoms with van der Waals surface area (Å²) < 4.78 is 4.12. The zero-order valence-corrected chi connectivity index (χ0v) is 21.4. The van der Waals surface area contributed by atoms with Crippen LogP contribution < -0.4 is 5.32 Å². The summed E-state index contributed by atoms with van der Waals surface area (Å²) in [5, 5.41) is 5.92. The number of rotatable bonds is 7. The number of carbonyl (C=O) groups excluding carboxylic acids is 3. The summed E-state index contributed by atoms with van der Waals surface area (Å²) in [6.07, 6.45) is 1.80. The molecule has 2 amide bonds. The maximum atomic E-state index is 13.0. The Morgan fingerprint density at radius 3 is 2.67 bits per heavy atom. The lowest BCUT2D eigenvalue weighted by Crippen LogP contribution is -2.73. The first-order valence-electron chi connectivity index (χ1n) is 9.54. The van der Waals surface area contributed by atoms with Crippen LogP contribution in [-0.2, 0) is 25.5 Å². The van der Waals surface area contributed by atoms with Crippen molar-refractivity contribution >= 4 is 87.4 Å². The number of benzene rings is 1. The standard InChI is InChI=1S/C20H16Cl3N3O4S3/c21-20(22,23)10-30-18(29)15-12(33-19-24-6-7-31-19)9-32-17-14(16(28)26(15)17)25-13(27)8-11-4-2-1-3-5-11/h1-7,9,14-15,17H,8,10H2,(H,25,27)/t14?,15?,17-/m0/s1. The number of thioether (sulfide) groups is 2. The molecule has 7 nitrogen and oxygen atoms in total. The van der Waals surface area contributed by atoms with Gasteiger partial charge in [0.25, 0.3) is 0 Å². The second-order valence-corrected chi connectivity index (χ2v) is 12.7. The minimum Gasteiger partial charge on any atom is -0.459 e. The minimum atomic E-state index is -1.78. The molecular weight excluding hydrogens is 549 g/mol. The van der Waals surface area contributed by atoms with Gasteiger partial charge in [-0.3, -0.25) is 9.59 Å². The third-order valence-electron chi connectivity index (χ3n) is 4.69. The first-order valence-corrected chi connectivity index (χ1v) is 13.3. The summed E-state index contributed by atoms with van der Waals surface area (Å²) in [5.74, 6) is -1.37. The Balaban J connectivity index is 1.49. The Labute approximate surface area is 217 Å². The van der Waals surface area contributed by atoms with Crippen LogP contribution in [0.4, 0.5) is 0 Å². The number of alkyl halides is 3. The van der Waals surface area contributed by atoms with Crippen molar-refractivity contribution in [1.29, 1.82) is 0 Å². The van der Waals surface area contributed by atoms with E-state index < -0.39 is 33.8 Å². The topological polar surface area (TPSA) is 88.6 Å². The van der Waals surface area contributed by atoms with E-state index in [2.05, 4.69) is 10.3 Å². The van der Waals surface area contributed by atoms with Gasteiger partial charge in [-0.25, -0.2) is 9.78 Å². The fraction of sp³-hybridized carbons (Fsp3) is 0.300. The summed E-state index contributed by atoms with van der Waals surface area (Å²) in [6, 6.07) is 7.45. The van der Waals surface area contributed by atoms with Gasteiger partial charge in [0, 0.05) is 16.5 Å². The van der Waals surface area contributed by atoms with Crippen LogP contribution in [0.15, 0.2) is 56.6 Å². The lowest BCUT2D eigenvalue weighted by molar-refractivity contribution is -0.162. The second-order valence-electron chi connectivity index (χ2n) is 7.03. The van der Waals surface area contributed by atoms with Gasteiger partial charge in [0.1, 0.15) is 18.0 Å². The van der Waals surface area contributed by atoms with Crippen LogP contribution in [0.2, 0.25) is 0 Å². The molecule has 2 unspecified atom stereocenters. The summed E-state index contributed by atoms with van der Waals surface area (Å²) in [6.45, 7) is -0.459. The van der Waals surface area contributed by atoms with Gasteiger partial charge in [-0.1, -0.05) is 76.9 Å². The van der Waals surface area contributed by atoms with Crippen molar-refractivity contribution in [2.24, 2.45) is 0 Å². The molecule has 0 bridgehead atoms. The maximum Gasteiger partial charge on any atom is 0.334 e. The van der Waals surface area contributed by atoms with E-state index >= 15 is 0 Å². The SMILES string of the molecule is O=C(Cc1ccccc1)NC1C(=O)N2C(C(=O)OCC(Cl)(Cl)Cl)C(Sc3nccs3)=CS[C@@H]12. The molecule has 1 fully saturated rings. The van der Waals surface area contributed by atoms with Crippen LogP contribution in [-0.4, -0.2) is 55.5 Å². The smallest absolute Gasteiger partial charge is 0.334 e. The average molecular weight is 565 g/mol. The van der Waals surface area contributed by atoms with Crippen LogP contribution >= 0.6 is 69.7 Å². The van der Waals surface area contributed by atoms with Crippen LogP contribution in [0, 0.1) is 0 Å². The number of amides is 2. The Morgan fingerprint density at radius 1 is 1.24 bits per heavy atom. The number of nitrogens with one attached hydrogen (secondary N) is 1. The molecule has 1 N–H and O–H groups in total. The molecule has 2 aliphatic heterocycles. The van der Waals surface area contributed by atoms with E-state index in [0.717, 1.165) is 5.56 Å². The van der Waals surface area contributed by atoms with Gasteiger partial charge in [0.15, 0.2) is 10.4 Å². The van der Waals surface area contributed by atoms with Gasteiger partial charge >= 0.3 is 5.97 Å². The summed E-state index contributed by atoms with van der Waals surface area (Å²) in [4.78, 5) is 44.6. The van der Waals surface area contributed by atoms with E-state index in [1.807, 2.05) is 35.7 Å². The molecule has 3 atom stereocenters. The third-order valence-corrected chi connectivity index (χ3v) is 8.30. The van der Waals surface area contributed by atoms with E-state index in [0.29, 0.717) is 9.24 Å². The normalized spacial score (nSPS) is 22.2. The van der Waals surface area contributed by atoms with Gasteiger partial charge in [0.2, 0.25) is 15.6 Å². The van der Waals surface area contributed by atoms with Crippen molar-refractivity contribution in [1.82, 2.24) is 15.2 Å². The number of halogens is 3. The third kappa shape index (κ3) is 5.98. The molecule has 0 aliphatic carbocycles. The molecule has 2 aromatic rings. The Morgan fingerprint density at radius 2 is 2.00 bits per heavy atom. The highest BCUT2D eigenvalue weighted by atomic mass is 35.6. The van der Waals surface area contributed by atoms with Gasteiger partial charge < -0.3 is 15.0 Å². The van der Waals surface area contributed by atoms with E-state index in [-0.39, 0.29) is 18.2 Å². The van der Waals surface area contributed by atoms with E-state index in [4.69, 9.17) is 39.5 Å². The van der Waals surface area contributed by atoms with E-state index in [1.54, 1.807) is 11.6 Å². The first-order chi connectivity index (χ1) is 15.7. The van der Waals surface area contributed by atoms with Crippen molar-refractivity contribution < 1.29 is 19.1 Å². The number of esters is 1. The molecule has 1 aromatic heterocycles. The molecule has 0 saturated carbocycles. The number of nitrogens with zero attached hydrogens (tertiary/aromatic N) is 2. The lowest BCUT2D eigenvalue weighted by atomic mass is 10.0. The number of carbonyl (C=O) groups is 3. The molecule has 1 aromatic carbocycles. The van der Waals surface area contributed by atoms with Gasteiger partial charge in [0.05, 0.1) is 6.42 Å². The zero-order chi connectivity index (χ0) is 23.6.